The van der Waals surface area contributed by atoms with Gasteiger partial charge in [-0.15, -0.1) is 0 Å². The summed E-state index contributed by atoms with van der Waals surface area (Å²) in [6.07, 6.45) is -8.15. The van der Waals surface area contributed by atoms with Crippen molar-refractivity contribution in [3.8, 4) is 11.3 Å². The first-order valence-electron chi connectivity index (χ1n) is 10.3. The molecule has 2 heterocycles. The molecule has 0 radical (unpaired) electrons. The van der Waals surface area contributed by atoms with E-state index < -0.39 is 41.0 Å². The number of alkyl halides is 3. The first-order chi connectivity index (χ1) is 15.0. The molecule has 2 aromatic rings. The second kappa shape index (κ2) is 8.43. The summed E-state index contributed by atoms with van der Waals surface area (Å²) < 4.78 is 59.3. The van der Waals surface area contributed by atoms with Gasteiger partial charge < -0.3 is 9.84 Å². The van der Waals surface area contributed by atoms with Crippen LogP contribution in [-0.4, -0.2) is 39.4 Å². The molecule has 0 aliphatic carbocycles. The number of benzene rings is 1. The summed E-state index contributed by atoms with van der Waals surface area (Å²) in [5, 5.41) is 9.74. The second-order valence-electron chi connectivity index (χ2n) is 9.44. The highest BCUT2D eigenvalue weighted by Gasteiger charge is 2.45. The third-order valence-electron chi connectivity index (χ3n) is 5.46. The number of hydrogen-bond donors (Lipinski definition) is 1. The van der Waals surface area contributed by atoms with Crippen LogP contribution in [0, 0.1) is 5.82 Å². The minimum atomic E-state index is -4.96. The first-order valence-corrected chi connectivity index (χ1v) is 10.7. The average molecular weight is 489 g/mol. The SMILES string of the molecule is CC(C)(C)OC(=O)N1CCc2c(cc(C(O)C(F)(F)F)nc2-c2ccc(F)c(Cl)c2)C1(C)C. The van der Waals surface area contributed by atoms with Gasteiger partial charge in [-0.1, -0.05) is 11.6 Å². The Morgan fingerprint density at radius 3 is 2.42 bits per heavy atom. The molecule has 10 heteroatoms. The number of carbonyl (C=O) groups excluding carboxylic acids is 1. The molecule has 1 aromatic carbocycles. The number of hydrogen-bond acceptors (Lipinski definition) is 4. The third kappa shape index (κ3) is 5.09. The van der Waals surface area contributed by atoms with Gasteiger partial charge in [0, 0.05) is 12.1 Å². The molecule has 1 N–H and O–H groups in total. The number of fused-ring (bicyclic) bond motifs is 1. The monoisotopic (exact) mass is 488 g/mol. The topological polar surface area (TPSA) is 62.7 Å². The van der Waals surface area contributed by atoms with E-state index in [1.54, 1.807) is 34.6 Å². The molecule has 1 unspecified atom stereocenters. The average Bonchev–Trinajstić information content (AvgIpc) is 2.66. The highest BCUT2D eigenvalue weighted by Crippen LogP contribution is 2.43. The summed E-state index contributed by atoms with van der Waals surface area (Å²) in [6, 6.07) is 4.90. The molecule has 3 rings (SSSR count). The zero-order valence-corrected chi connectivity index (χ0v) is 19.6. The van der Waals surface area contributed by atoms with Crippen LogP contribution in [0.5, 0.6) is 0 Å². The lowest BCUT2D eigenvalue weighted by atomic mass is 9.81. The standard InChI is InChI=1S/C23H25ClF4N2O3/c1-21(2,3)33-20(32)30-9-8-13-14(22(30,4)5)11-17(19(31)23(26,27)28)29-18(13)12-6-7-16(25)15(24)10-12/h6-7,10-11,19,31H,8-9H2,1-5H3. The molecule has 0 bridgehead atoms. The van der Waals surface area contributed by atoms with Gasteiger partial charge in [0.05, 0.1) is 21.9 Å². The van der Waals surface area contributed by atoms with Gasteiger partial charge in [0.1, 0.15) is 11.4 Å². The van der Waals surface area contributed by atoms with E-state index in [1.807, 2.05) is 0 Å². The normalized spacial score (nSPS) is 16.9. The molecule has 1 aliphatic rings. The predicted molar refractivity (Wildman–Crippen MR) is 115 cm³/mol. The Kier molecular flexibility index (Phi) is 6.45. The summed E-state index contributed by atoms with van der Waals surface area (Å²) in [5.41, 5.74) is -1.07. The highest BCUT2D eigenvalue weighted by atomic mass is 35.5. The maximum atomic E-state index is 13.7. The molecule has 1 aromatic heterocycles. The summed E-state index contributed by atoms with van der Waals surface area (Å²) in [7, 11) is 0. The van der Waals surface area contributed by atoms with Gasteiger partial charge in [-0.3, -0.25) is 4.90 Å². The van der Waals surface area contributed by atoms with Crippen LogP contribution in [0.15, 0.2) is 24.3 Å². The van der Waals surface area contributed by atoms with Gasteiger partial charge in [-0.25, -0.2) is 14.2 Å². The number of nitrogens with zero attached hydrogens (tertiary/aromatic N) is 2. The second-order valence-corrected chi connectivity index (χ2v) is 9.84. The molecule has 5 nitrogen and oxygen atoms in total. The number of amides is 1. The molecule has 180 valence electrons. The molecule has 1 aliphatic heterocycles. The fraction of sp³-hybridized carbons (Fsp3) is 0.478. The summed E-state index contributed by atoms with van der Waals surface area (Å²) in [5.74, 6) is -0.683. The molecular formula is C23H25ClF4N2O3. The lowest BCUT2D eigenvalue weighted by molar-refractivity contribution is -0.208. The fourth-order valence-corrected chi connectivity index (χ4v) is 4.05. The Morgan fingerprint density at radius 2 is 1.88 bits per heavy atom. The Labute approximate surface area is 194 Å². The predicted octanol–water partition coefficient (Wildman–Crippen LogP) is 6.17. The highest BCUT2D eigenvalue weighted by molar-refractivity contribution is 6.31. The first kappa shape index (κ1) is 25.2. The fourth-order valence-electron chi connectivity index (χ4n) is 3.87. The maximum Gasteiger partial charge on any atom is 0.420 e. The van der Waals surface area contributed by atoms with Crippen molar-refractivity contribution in [1.29, 1.82) is 0 Å². The Balaban J connectivity index is 2.21. The van der Waals surface area contributed by atoms with Gasteiger partial charge in [-0.05, 0) is 76.4 Å². The molecule has 1 amide bonds. The quantitative estimate of drug-likeness (QED) is 0.514. The summed E-state index contributed by atoms with van der Waals surface area (Å²) >= 11 is 5.90. The Bertz CT molecular complexity index is 1080. The van der Waals surface area contributed by atoms with Crippen molar-refractivity contribution in [2.24, 2.45) is 0 Å². The maximum absolute atomic E-state index is 13.7. The van der Waals surface area contributed by atoms with Gasteiger partial charge in [0.15, 0.2) is 6.10 Å². The molecule has 33 heavy (non-hydrogen) atoms. The molecule has 0 saturated heterocycles. The number of aliphatic hydroxyl groups excluding tert-OH is 1. The van der Waals surface area contributed by atoms with Crippen molar-refractivity contribution < 1.29 is 32.2 Å². The van der Waals surface area contributed by atoms with Crippen molar-refractivity contribution in [3.63, 3.8) is 0 Å². The van der Waals surface area contributed by atoms with Crippen molar-refractivity contribution in [1.82, 2.24) is 9.88 Å². The zero-order valence-electron chi connectivity index (χ0n) is 18.8. The van der Waals surface area contributed by atoms with E-state index in [9.17, 15) is 27.5 Å². The van der Waals surface area contributed by atoms with Crippen molar-refractivity contribution >= 4 is 17.7 Å². The number of aliphatic hydroxyl groups is 1. The van der Waals surface area contributed by atoms with Gasteiger partial charge in [0.25, 0.3) is 0 Å². The van der Waals surface area contributed by atoms with E-state index in [0.29, 0.717) is 16.7 Å². The van der Waals surface area contributed by atoms with E-state index in [1.165, 1.54) is 23.1 Å². The van der Waals surface area contributed by atoms with E-state index in [-0.39, 0.29) is 23.7 Å². The molecule has 1 atom stereocenters. The van der Waals surface area contributed by atoms with Crippen molar-refractivity contribution in [2.45, 2.75) is 64.5 Å². The van der Waals surface area contributed by atoms with Crippen LogP contribution in [0.1, 0.15) is 57.5 Å². The number of pyridine rings is 1. The van der Waals surface area contributed by atoms with Gasteiger partial charge in [0.2, 0.25) is 0 Å². The van der Waals surface area contributed by atoms with E-state index in [0.717, 1.165) is 6.07 Å². The third-order valence-corrected chi connectivity index (χ3v) is 5.75. The van der Waals surface area contributed by atoms with Crippen LogP contribution >= 0.6 is 11.6 Å². The molecular weight excluding hydrogens is 464 g/mol. The number of aromatic nitrogens is 1. The van der Waals surface area contributed by atoms with Crippen LogP contribution < -0.4 is 0 Å². The molecule has 0 spiro atoms. The largest absolute Gasteiger partial charge is 0.444 e. The van der Waals surface area contributed by atoms with Crippen LogP contribution in [0.3, 0.4) is 0 Å². The number of ether oxygens (including phenoxy) is 1. The molecule has 0 fully saturated rings. The van der Waals surface area contributed by atoms with Gasteiger partial charge >= 0.3 is 12.3 Å². The Morgan fingerprint density at radius 1 is 1.24 bits per heavy atom. The number of rotatable bonds is 2. The minimum Gasteiger partial charge on any atom is -0.444 e. The number of carbonyl (C=O) groups is 1. The smallest absolute Gasteiger partial charge is 0.420 e. The minimum absolute atomic E-state index is 0.143. The van der Waals surface area contributed by atoms with Crippen LogP contribution in [0.4, 0.5) is 22.4 Å². The van der Waals surface area contributed by atoms with Gasteiger partial charge in [-0.2, -0.15) is 13.2 Å². The number of halogens is 5. The summed E-state index contributed by atoms with van der Waals surface area (Å²) in [6.45, 7) is 8.73. The lowest BCUT2D eigenvalue weighted by Crippen LogP contribution is -2.51. The van der Waals surface area contributed by atoms with E-state index >= 15 is 0 Å². The van der Waals surface area contributed by atoms with Crippen molar-refractivity contribution in [2.75, 3.05) is 6.54 Å². The Hall–Kier alpha value is -2.39. The zero-order chi connectivity index (χ0) is 24.9. The van der Waals surface area contributed by atoms with Crippen LogP contribution in [0.25, 0.3) is 11.3 Å². The van der Waals surface area contributed by atoms with Crippen molar-refractivity contribution in [3.05, 3.63) is 51.9 Å². The van der Waals surface area contributed by atoms with E-state index in [4.69, 9.17) is 16.3 Å². The van der Waals surface area contributed by atoms with Crippen LogP contribution in [-0.2, 0) is 16.7 Å². The van der Waals surface area contributed by atoms with Crippen LogP contribution in [0.2, 0.25) is 5.02 Å². The van der Waals surface area contributed by atoms with E-state index in [2.05, 4.69) is 4.98 Å². The molecule has 0 saturated carbocycles. The summed E-state index contributed by atoms with van der Waals surface area (Å²) in [4.78, 5) is 18.4. The lowest BCUT2D eigenvalue weighted by Gasteiger charge is -2.44.